The fraction of sp³-hybridized carbons (Fsp3) is 0.0556. The minimum atomic E-state index is -0.368. The van der Waals surface area contributed by atoms with Gasteiger partial charge in [-0.1, -0.05) is 29.3 Å². The zero-order valence-electron chi connectivity index (χ0n) is 13.7. The molecule has 0 aliphatic carbocycles. The Morgan fingerprint density at radius 3 is 2.50 bits per heavy atom. The van der Waals surface area contributed by atoms with Crippen molar-refractivity contribution < 1.29 is 9.53 Å². The number of halogens is 2. The molecule has 132 valence electrons. The summed E-state index contributed by atoms with van der Waals surface area (Å²) in [6.45, 7) is 0. The van der Waals surface area contributed by atoms with Crippen LogP contribution >= 0.6 is 23.2 Å². The summed E-state index contributed by atoms with van der Waals surface area (Å²) in [4.78, 5) is 20.5. The fourth-order valence-electron chi connectivity index (χ4n) is 2.22. The van der Waals surface area contributed by atoms with Gasteiger partial charge in [-0.3, -0.25) is 4.79 Å². The van der Waals surface area contributed by atoms with Crippen molar-refractivity contribution in [2.45, 2.75) is 0 Å². The van der Waals surface area contributed by atoms with Gasteiger partial charge in [0, 0.05) is 33.6 Å². The van der Waals surface area contributed by atoms with Crippen LogP contribution in [0.3, 0.4) is 0 Å². The normalized spacial score (nSPS) is 10.3. The predicted molar refractivity (Wildman–Crippen MR) is 103 cm³/mol. The maximum Gasteiger partial charge on any atom is 0.274 e. The van der Waals surface area contributed by atoms with Gasteiger partial charge in [0.1, 0.15) is 23.6 Å². The third-order valence-corrected chi connectivity index (χ3v) is 3.80. The standard InChI is InChI=1S/C18H14Cl2N4O2/c1-26-15-4-2-3-13(8-15)24-18(25)16-9-17(22-10-21-16)23-14-6-11(19)5-12(20)7-14/h2-10H,1H3,(H,24,25)(H,21,22,23). The van der Waals surface area contributed by atoms with Gasteiger partial charge in [-0.2, -0.15) is 0 Å². The molecule has 0 spiro atoms. The van der Waals surface area contributed by atoms with Gasteiger partial charge in [0.05, 0.1) is 7.11 Å². The number of benzene rings is 2. The number of ether oxygens (including phenoxy) is 1. The molecule has 0 fully saturated rings. The number of methoxy groups -OCH3 is 1. The van der Waals surface area contributed by atoms with E-state index in [0.717, 1.165) is 0 Å². The summed E-state index contributed by atoms with van der Waals surface area (Å²) >= 11 is 12.0. The van der Waals surface area contributed by atoms with Crippen molar-refractivity contribution in [3.63, 3.8) is 0 Å². The minimum Gasteiger partial charge on any atom is -0.497 e. The highest BCUT2D eigenvalue weighted by Crippen LogP contribution is 2.25. The Bertz CT molecular complexity index is 930. The third kappa shape index (κ3) is 4.62. The van der Waals surface area contributed by atoms with E-state index in [-0.39, 0.29) is 11.6 Å². The SMILES string of the molecule is COc1cccc(NC(=O)c2cc(Nc3cc(Cl)cc(Cl)c3)ncn2)c1. The van der Waals surface area contributed by atoms with E-state index < -0.39 is 0 Å². The molecule has 0 bridgehead atoms. The van der Waals surface area contributed by atoms with E-state index in [4.69, 9.17) is 27.9 Å². The molecule has 26 heavy (non-hydrogen) atoms. The van der Waals surface area contributed by atoms with E-state index in [9.17, 15) is 4.79 Å². The molecule has 0 aliphatic rings. The molecule has 1 aromatic heterocycles. The van der Waals surface area contributed by atoms with Crippen molar-refractivity contribution in [1.29, 1.82) is 0 Å². The number of hydrogen-bond acceptors (Lipinski definition) is 5. The number of nitrogens with zero attached hydrogens (tertiary/aromatic N) is 2. The van der Waals surface area contributed by atoms with Crippen molar-refractivity contribution in [3.05, 3.63) is 70.6 Å². The highest BCUT2D eigenvalue weighted by atomic mass is 35.5. The van der Waals surface area contributed by atoms with Crippen molar-refractivity contribution in [2.75, 3.05) is 17.7 Å². The predicted octanol–water partition coefficient (Wildman–Crippen LogP) is 4.79. The van der Waals surface area contributed by atoms with E-state index in [1.807, 2.05) is 0 Å². The van der Waals surface area contributed by atoms with Gasteiger partial charge in [-0.05, 0) is 30.3 Å². The lowest BCUT2D eigenvalue weighted by molar-refractivity contribution is 0.102. The summed E-state index contributed by atoms with van der Waals surface area (Å²) in [5, 5.41) is 6.79. The Balaban J connectivity index is 1.76. The van der Waals surface area contributed by atoms with Gasteiger partial charge in [-0.15, -0.1) is 0 Å². The summed E-state index contributed by atoms with van der Waals surface area (Å²) in [6.07, 6.45) is 1.30. The van der Waals surface area contributed by atoms with Crippen LogP contribution in [0.5, 0.6) is 5.75 Å². The second kappa shape index (κ2) is 8.03. The summed E-state index contributed by atoms with van der Waals surface area (Å²) in [5.74, 6) is 0.715. The average Bonchev–Trinajstić information content (AvgIpc) is 2.61. The molecule has 3 rings (SSSR count). The zero-order valence-corrected chi connectivity index (χ0v) is 15.2. The lowest BCUT2D eigenvalue weighted by Gasteiger charge is -2.09. The number of anilines is 3. The maximum absolute atomic E-state index is 12.4. The van der Waals surface area contributed by atoms with Crippen LogP contribution < -0.4 is 15.4 Å². The second-order valence-electron chi connectivity index (χ2n) is 5.26. The topological polar surface area (TPSA) is 76.1 Å². The van der Waals surface area contributed by atoms with Crippen LogP contribution in [0.1, 0.15) is 10.5 Å². The average molecular weight is 389 g/mol. The first-order chi connectivity index (χ1) is 12.5. The summed E-state index contributed by atoms with van der Waals surface area (Å²) in [5.41, 5.74) is 1.46. The van der Waals surface area contributed by atoms with Crippen molar-refractivity contribution in [1.82, 2.24) is 9.97 Å². The Labute approximate surface area is 160 Å². The molecule has 2 N–H and O–H groups in total. The van der Waals surface area contributed by atoms with Gasteiger partial charge in [0.25, 0.3) is 5.91 Å². The van der Waals surface area contributed by atoms with Crippen LogP contribution in [-0.4, -0.2) is 23.0 Å². The lowest BCUT2D eigenvalue weighted by Crippen LogP contribution is -2.14. The minimum absolute atomic E-state index is 0.207. The number of aromatic nitrogens is 2. The number of carbonyl (C=O) groups excluding carboxylic acids is 1. The molecular weight excluding hydrogens is 375 g/mol. The van der Waals surface area contributed by atoms with Gasteiger partial charge >= 0.3 is 0 Å². The monoisotopic (exact) mass is 388 g/mol. The Morgan fingerprint density at radius 2 is 1.77 bits per heavy atom. The lowest BCUT2D eigenvalue weighted by atomic mass is 10.2. The Kier molecular flexibility index (Phi) is 5.55. The summed E-state index contributed by atoms with van der Waals surface area (Å²) in [6, 6.07) is 13.6. The molecule has 2 aromatic carbocycles. The molecular formula is C18H14Cl2N4O2. The van der Waals surface area contributed by atoms with Crippen LogP contribution in [0.4, 0.5) is 17.2 Å². The van der Waals surface area contributed by atoms with Crippen LogP contribution in [0, 0.1) is 0 Å². The quantitative estimate of drug-likeness (QED) is 0.656. The van der Waals surface area contributed by atoms with Gasteiger partial charge in [-0.25, -0.2) is 9.97 Å². The van der Waals surface area contributed by atoms with E-state index in [1.165, 1.54) is 12.4 Å². The highest BCUT2D eigenvalue weighted by molar-refractivity contribution is 6.35. The molecule has 0 radical (unpaired) electrons. The molecule has 3 aromatic rings. The first-order valence-corrected chi connectivity index (χ1v) is 8.29. The highest BCUT2D eigenvalue weighted by Gasteiger charge is 2.10. The van der Waals surface area contributed by atoms with Crippen molar-refractivity contribution in [2.24, 2.45) is 0 Å². The van der Waals surface area contributed by atoms with E-state index in [0.29, 0.717) is 33.0 Å². The zero-order chi connectivity index (χ0) is 18.5. The van der Waals surface area contributed by atoms with Crippen molar-refractivity contribution in [3.8, 4) is 5.75 Å². The Hall–Kier alpha value is -2.83. The molecule has 0 unspecified atom stereocenters. The summed E-state index contributed by atoms with van der Waals surface area (Å²) in [7, 11) is 1.56. The number of rotatable bonds is 5. The van der Waals surface area contributed by atoms with Gasteiger partial charge in [0.15, 0.2) is 0 Å². The van der Waals surface area contributed by atoms with Gasteiger partial charge in [0.2, 0.25) is 0 Å². The van der Waals surface area contributed by atoms with Crippen LogP contribution in [0.2, 0.25) is 10.0 Å². The van der Waals surface area contributed by atoms with E-state index in [2.05, 4.69) is 20.6 Å². The molecule has 0 atom stereocenters. The molecule has 6 nitrogen and oxygen atoms in total. The van der Waals surface area contributed by atoms with E-state index >= 15 is 0 Å². The first-order valence-electron chi connectivity index (χ1n) is 7.54. The third-order valence-electron chi connectivity index (χ3n) is 3.36. The van der Waals surface area contributed by atoms with Gasteiger partial charge < -0.3 is 15.4 Å². The fourth-order valence-corrected chi connectivity index (χ4v) is 2.75. The second-order valence-corrected chi connectivity index (χ2v) is 6.13. The molecule has 1 heterocycles. The Morgan fingerprint density at radius 1 is 1.00 bits per heavy atom. The number of nitrogens with one attached hydrogen (secondary N) is 2. The molecule has 0 saturated carbocycles. The number of carbonyl (C=O) groups is 1. The van der Waals surface area contributed by atoms with Crippen LogP contribution in [-0.2, 0) is 0 Å². The molecule has 0 saturated heterocycles. The molecule has 8 heteroatoms. The van der Waals surface area contributed by atoms with Crippen molar-refractivity contribution >= 4 is 46.3 Å². The first kappa shape index (κ1) is 18.0. The largest absolute Gasteiger partial charge is 0.497 e. The maximum atomic E-state index is 12.4. The number of hydrogen-bond donors (Lipinski definition) is 2. The van der Waals surface area contributed by atoms with Crippen LogP contribution in [0.25, 0.3) is 0 Å². The number of amides is 1. The molecule has 0 aliphatic heterocycles. The van der Waals surface area contributed by atoms with E-state index in [1.54, 1.807) is 49.6 Å². The summed E-state index contributed by atoms with van der Waals surface area (Å²) < 4.78 is 5.14. The smallest absolute Gasteiger partial charge is 0.274 e. The van der Waals surface area contributed by atoms with Crippen LogP contribution in [0.15, 0.2) is 54.9 Å². The molecule has 1 amide bonds.